The molecule has 1 heterocycles. The van der Waals surface area contributed by atoms with Crippen LogP contribution in [0.15, 0.2) is 109 Å². The lowest BCUT2D eigenvalue weighted by molar-refractivity contribution is -0.145. The van der Waals surface area contributed by atoms with Gasteiger partial charge >= 0.3 is 5.97 Å². The zero-order valence-electron chi connectivity index (χ0n) is 20.3. The third kappa shape index (κ3) is 5.50. The quantitative estimate of drug-likeness (QED) is 0.298. The number of aliphatic carboxylic acids is 1. The highest BCUT2D eigenvalue weighted by Gasteiger charge is 2.35. The summed E-state index contributed by atoms with van der Waals surface area (Å²) in [5.74, 6) is 0.0308. The Balaban J connectivity index is 1.48. The van der Waals surface area contributed by atoms with E-state index < -0.39 is 12.0 Å². The molecule has 1 N–H and O–H groups in total. The maximum Gasteiger partial charge on any atom is 0.320 e. The Morgan fingerprint density at radius 1 is 0.806 bits per heavy atom. The zero-order chi connectivity index (χ0) is 24.7. The molecule has 4 aromatic rings. The molecule has 0 amide bonds. The molecule has 0 aliphatic carbocycles. The summed E-state index contributed by atoms with van der Waals surface area (Å²) in [6.07, 6.45) is 2.60. The molecule has 182 valence electrons. The molecule has 4 nitrogen and oxygen atoms in total. The topological polar surface area (TPSA) is 49.8 Å². The molecule has 1 aliphatic heterocycles. The lowest BCUT2D eigenvalue weighted by atomic mass is 9.90. The normalized spacial score (nSPS) is 16.8. The predicted molar refractivity (Wildman–Crippen MR) is 143 cm³/mol. The molecule has 1 fully saturated rings. The number of nitrogens with zero attached hydrogens (tertiary/aromatic N) is 1. The van der Waals surface area contributed by atoms with Crippen LogP contribution in [-0.4, -0.2) is 28.6 Å². The van der Waals surface area contributed by atoms with Crippen LogP contribution >= 0.6 is 0 Å². The minimum absolute atomic E-state index is 0.170. The summed E-state index contributed by atoms with van der Waals surface area (Å²) in [6, 6.07) is 36.4. The SMILES string of the molecule is O=C(O)C1CCCCN1C(c1ccc(-c2ccccc2)cc1)c1cccc(OCc2ccccc2)c1. The van der Waals surface area contributed by atoms with Crippen molar-refractivity contribution >= 4 is 5.97 Å². The first kappa shape index (κ1) is 23.8. The van der Waals surface area contributed by atoms with Crippen molar-refractivity contribution in [2.75, 3.05) is 6.54 Å². The van der Waals surface area contributed by atoms with Crippen LogP contribution in [-0.2, 0) is 11.4 Å². The average Bonchev–Trinajstić information content (AvgIpc) is 2.94. The van der Waals surface area contributed by atoms with Gasteiger partial charge in [-0.2, -0.15) is 0 Å². The smallest absolute Gasteiger partial charge is 0.320 e. The highest BCUT2D eigenvalue weighted by atomic mass is 16.5. The van der Waals surface area contributed by atoms with E-state index in [0.717, 1.165) is 47.4 Å². The average molecular weight is 478 g/mol. The fourth-order valence-corrected chi connectivity index (χ4v) is 5.11. The van der Waals surface area contributed by atoms with Crippen molar-refractivity contribution in [2.24, 2.45) is 0 Å². The molecular formula is C32H31NO3. The Morgan fingerprint density at radius 3 is 2.22 bits per heavy atom. The molecule has 36 heavy (non-hydrogen) atoms. The van der Waals surface area contributed by atoms with E-state index in [0.29, 0.717) is 13.0 Å². The van der Waals surface area contributed by atoms with Crippen LogP contribution < -0.4 is 4.74 Å². The van der Waals surface area contributed by atoms with Gasteiger partial charge in [-0.25, -0.2) is 0 Å². The van der Waals surface area contributed by atoms with E-state index in [2.05, 4.69) is 53.4 Å². The zero-order valence-corrected chi connectivity index (χ0v) is 20.3. The van der Waals surface area contributed by atoms with E-state index >= 15 is 0 Å². The maximum absolute atomic E-state index is 12.2. The Kier molecular flexibility index (Phi) is 7.44. The molecule has 0 aromatic heterocycles. The van der Waals surface area contributed by atoms with Gasteiger partial charge in [-0.15, -0.1) is 0 Å². The number of carboxylic acids is 1. The molecule has 1 aliphatic rings. The van der Waals surface area contributed by atoms with E-state index in [1.165, 1.54) is 5.56 Å². The number of carbonyl (C=O) groups is 1. The molecular weight excluding hydrogens is 446 g/mol. The van der Waals surface area contributed by atoms with Gasteiger partial charge < -0.3 is 9.84 Å². The molecule has 5 rings (SSSR count). The van der Waals surface area contributed by atoms with E-state index in [1.54, 1.807) is 0 Å². The Hall–Kier alpha value is -3.89. The Labute approximate surface area is 212 Å². The number of ether oxygens (including phenoxy) is 1. The molecule has 0 radical (unpaired) electrons. The molecule has 0 spiro atoms. The molecule has 1 saturated heterocycles. The largest absolute Gasteiger partial charge is 0.489 e. The molecule has 0 bridgehead atoms. The van der Waals surface area contributed by atoms with E-state index in [4.69, 9.17) is 4.74 Å². The summed E-state index contributed by atoms with van der Waals surface area (Å²) < 4.78 is 6.12. The van der Waals surface area contributed by atoms with Crippen LogP contribution in [0.2, 0.25) is 0 Å². The minimum Gasteiger partial charge on any atom is -0.489 e. The monoisotopic (exact) mass is 477 g/mol. The van der Waals surface area contributed by atoms with Crippen LogP contribution in [0, 0.1) is 0 Å². The second-order valence-electron chi connectivity index (χ2n) is 9.32. The first-order chi connectivity index (χ1) is 17.7. The summed E-state index contributed by atoms with van der Waals surface area (Å²) in [5.41, 5.74) is 5.55. The first-order valence-corrected chi connectivity index (χ1v) is 12.6. The second kappa shape index (κ2) is 11.2. The highest BCUT2D eigenvalue weighted by Crippen LogP contribution is 2.36. The Morgan fingerprint density at radius 2 is 1.50 bits per heavy atom. The van der Waals surface area contributed by atoms with Crippen molar-refractivity contribution in [1.29, 1.82) is 0 Å². The van der Waals surface area contributed by atoms with E-state index in [1.807, 2.05) is 60.7 Å². The van der Waals surface area contributed by atoms with Crippen LogP contribution in [0.25, 0.3) is 11.1 Å². The molecule has 2 atom stereocenters. The number of likely N-dealkylation sites (tertiary alicyclic amines) is 1. The first-order valence-electron chi connectivity index (χ1n) is 12.6. The molecule has 2 unspecified atom stereocenters. The van der Waals surface area contributed by atoms with Gasteiger partial charge in [0, 0.05) is 0 Å². The van der Waals surface area contributed by atoms with Crippen molar-refractivity contribution in [1.82, 2.24) is 4.90 Å². The van der Waals surface area contributed by atoms with Crippen LogP contribution in [0.3, 0.4) is 0 Å². The van der Waals surface area contributed by atoms with Gasteiger partial charge in [0.1, 0.15) is 18.4 Å². The molecule has 4 heteroatoms. The van der Waals surface area contributed by atoms with Crippen molar-refractivity contribution in [3.05, 3.63) is 126 Å². The van der Waals surface area contributed by atoms with Crippen LogP contribution in [0.4, 0.5) is 0 Å². The lowest BCUT2D eigenvalue weighted by Gasteiger charge is -2.39. The van der Waals surface area contributed by atoms with Crippen molar-refractivity contribution in [2.45, 2.75) is 38.0 Å². The fraction of sp³-hybridized carbons (Fsp3) is 0.219. The Bertz CT molecular complexity index is 1270. The number of piperidine rings is 1. The van der Waals surface area contributed by atoms with Crippen molar-refractivity contribution < 1.29 is 14.6 Å². The summed E-state index contributed by atoms with van der Waals surface area (Å²) in [4.78, 5) is 14.4. The van der Waals surface area contributed by atoms with Gasteiger partial charge in [-0.3, -0.25) is 9.69 Å². The fourth-order valence-electron chi connectivity index (χ4n) is 5.11. The number of rotatable bonds is 8. The van der Waals surface area contributed by atoms with Crippen LogP contribution in [0.1, 0.15) is 42.0 Å². The standard InChI is InChI=1S/C32H31NO3/c34-32(35)30-16-7-8-21-33(30)31(27-19-17-26(18-20-27)25-12-5-2-6-13-25)28-14-9-15-29(22-28)36-23-24-10-3-1-4-11-24/h1-6,9-15,17-20,22,30-31H,7-8,16,21,23H2,(H,34,35). The molecule has 4 aromatic carbocycles. The van der Waals surface area contributed by atoms with Gasteiger partial charge in [0.15, 0.2) is 0 Å². The maximum atomic E-state index is 12.2. The minimum atomic E-state index is -0.753. The number of hydrogen-bond acceptors (Lipinski definition) is 3. The highest BCUT2D eigenvalue weighted by molar-refractivity contribution is 5.74. The molecule has 0 saturated carbocycles. The van der Waals surface area contributed by atoms with E-state index in [9.17, 15) is 9.90 Å². The number of carboxylic acid groups (broad SMARTS) is 1. The van der Waals surface area contributed by atoms with Crippen LogP contribution in [0.5, 0.6) is 5.75 Å². The number of benzene rings is 4. The predicted octanol–water partition coefficient (Wildman–Crippen LogP) is 6.96. The summed E-state index contributed by atoms with van der Waals surface area (Å²) in [7, 11) is 0. The third-order valence-electron chi connectivity index (χ3n) is 6.92. The van der Waals surface area contributed by atoms with Crippen molar-refractivity contribution in [3.8, 4) is 16.9 Å². The third-order valence-corrected chi connectivity index (χ3v) is 6.92. The lowest BCUT2D eigenvalue weighted by Crippen LogP contribution is -2.46. The van der Waals surface area contributed by atoms with Gasteiger partial charge in [-0.1, -0.05) is 103 Å². The van der Waals surface area contributed by atoms with Gasteiger partial charge in [0.25, 0.3) is 0 Å². The number of hydrogen-bond donors (Lipinski definition) is 1. The van der Waals surface area contributed by atoms with Crippen molar-refractivity contribution in [3.63, 3.8) is 0 Å². The van der Waals surface area contributed by atoms with E-state index in [-0.39, 0.29) is 6.04 Å². The van der Waals surface area contributed by atoms with Gasteiger partial charge in [0.05, 0.1) is 6.04 Å². The second-order valence-corrected chi connectivity index (χ2v) is 9.32. The summed E-state index contributed by atoms with van der Waals surface area (Å²) >= 11 is 0. The summed E-state index contributed by atoms with van der Waals surface area (Å²) in [6.45, 7) is 1.24. The van der Waals surface area contributed by atoms with Gasteiger partial charge in [-0.05, 0) is 59.3 Å². The summed E-state index contributed by atoms with van der Waals surface area (Å²) in [5, 5.41) is 10.0. The van der Waals surface area contributed by atoms with Gasteiger partial charge in [0.2, 0.25) is 0 Å².